The lowest BCUT2D eigenvalue weighted by Gasteiger charge is -2.35. The molecule has 188 valence electrons. The minimum atomic E-state index is -4.81. The Hall–Kier alpha value is -4.22. The zero-order chi connectivity index (χ0) is 25.9. The number of piperazine rings is 1. The van der Waals surface area contributed by atoms with Crippen molar-refractivity contribution in [3.8, 4) is 5.69 Å². The van der Waals surface area contributed by atoms with Gasteiger partial charge in [-0.25, -0.2) is 9.07 Å². The highest BCUT2D eigenvalue weighted by molar-refractivity contribution is 5.97. The summed E-state index contributed by atoms with van der Waals surface area (Å²) in [6.07, 6.45) is -1.91. The third-order valence-electron chi connectivity index (χ3n) is 5.70. The Balaban J connectivity index is 1.30. The van der Waals surface area contributed by atoms with Crippen LogP contribution in [0, 0.1) is 5.82 Å². The molecular weight excluding hydrogens is 482 g/mol. The normalized spacial score (nSPS) is 14.0. The van der Waals surface area contributed by atoms with Crippen molar-refractivity contribution in [3.05, 3.63) is 83.4 Å². The summed E-state index contributed by atoms with van der Waals surface area (Å²) < 4.78 is 54.8. The predicted molar refractivity (Wildman–Crippen MR) is 120 cm³/mol. The first-order chi connectivity index (χ1) is 17.1. The van der Waals surface area contributed by atoms with Crippen molar-refractivity contribution in [2.45, 2.75) is 6.18 Å². The van der Waals surface area contributed by atoms with E-state index in [-0.39, 0.29) is 38.3 Å². The molecule has 12 heteroatoms. The number of nitrogens with zero attached hydrogens (tertiary/aromatic N) is 4. The first kappa shape index (κ1) is 24.9. The smallest absolute Gasteiger partial charge is 0.343 e. The van der Waals surface area contributed by atoms with Crippen molar-refractivity contribution in [1.82, 2.24) is 24.9 Å². The Morgan fingerprint density at radius 1 is 0.944 bits per heavy atom. The van der Waals surface area contributed by atoms with E-state index in [2.05, 4.69) is 10.4 Å². The highest BCUT2D eigenvalue weighted by Gasteiger charge is 2.37. The van der Waals surface area contributed by atoms with Gasteiger partial charge in [0, 0.05) is 32.4 Å². The molecule has 4 rings (SSSR count). The molecule has 1 N–H and O–H groups in total. The van der Waals surface area contributed by atoms with Crippen molar-refractivity contribution in [1.29, 1.82) is 0 Å². The number of benzene rings is 2. The summed E-state index contributed by atoms with van der Waals surface area (Å²) in [6, 6.07) is 10.9. The Bertz CT molecular complexity index is 1270. The number of carbonyl (C=O) groups is 3. The summed E-state index contributed by atoms with van der Waals surface area (Å²) in [4.78, 5) is 40.1. The highest BCUT2D eigenvalue weighted by atomic mass is 19.4. The molecule has 2 aromatic carbocycles. The van der Waals surface area contributed by atoms with Crippen LogP contribution in [0.3, 0.4) is 0 Å². The number of hydrogen-bond donors (Lipinski definition) is 1. The average molecular weight is 503 g/mol. The molecule has 0 bridgehead atoms. The quantitative estimate of drug-likeness (QED) is 0.543. The summed E-state index contributed by atoms with van der Waals surface area (Å²) in [6.45, 7) is -0.246. The largest absolute Gasteiger partial charge is 0.417 e. The summed E-state index contributed by atoms with van der Waals surface area (Å²) in [5.41, 5.74) is -0.963. The van der Waals surface area contributed by atoms with Crippen LogP contribution in [0.4, 0.5) is 17.6 Å². The van der Waals surface area contributed by atoms with E-state index in [1.165, 1.54) is 22.0 Å². The molecular formula is C24H21F4N5O3. The van der Waals surface area contributed by atoms with E-state index < -0.39 is 40.8 Å². The standard InChI is InChI=1S/C24H21F4N5O3/c25-17-6-7-20(24(26,27)28)19(12-17)23(36)32-10-8-31(9-11-32)21(34)14-29-22(35)16-13-30-33(15-16)18-4-2-1-3-5-18/h1-7,12-13,15H,8-11,14H2,(H,29,35). The van der Waals surface area contributed by atoms with Crippen LogP contribution in [0.25, 0.3) is 5.69 Å². The van der Waals surface area contributed by atoms with E-state index in [9.17, 15) is 31.9 Å². The second kappa shape index (κ2) is 10.2. The predicted octanol–water partition coefficient (Wildman–Crippen LogP) is 2.74. The number of carbonyl (C=O) groups excluding carboxylic acids is 3. The van der Waals surface area contributed by atoms with Crippen molar-refractivity contribution >= 4 is 17.7 Å². The Morgan fingerprint density at radius 3 is 2.28 bits per heavy atom. The first-order valence-corrected chi connectivity index (χ1v) is 11.0. The second-order valence-corrected chi connectivity index (χ2v) is 8.05. The lowest BCUT2D eigenvalue weighted by Crippen LogP contribution is -2.52. The molecule has 3 amide bonds. The zero-order valence-corrected chi connectivity index (χ0v) is 18.8. The molecule has 8 nitrogen and oxygen atoms in total. The SMILES string of the molecule is O=C(NCC(=O)N1CCN(C(=O)c2cc(F)ccc2C(F)(F)F)CC1)c1cnn(-c2ccccc2)c1. The molecule has 1 aromatic heterocycles. The number of amides is 3. The van der Waals surface area contributed by atoms with E-state index in [0.29, 0.717) is 18.2 Å². The van der Waals surface area contributed by atoms with Crippen LogP contribution in [0.15, 0.2) is 60.9 Å². The van der Waals surface area contributed by atoms with Crippen molar-refractivity contribution in [2.24, 2.45) is 0 Å². The van der Waals surface area contributed by atoms with Gasteiger partial charge in [0.15, 0.2) is 0 Å². The van der Waals surface area contributed by atoms with Crippen LogP contribution >= 0.6 is 0 Å². The number of hydrogen-bond acceptors (Lipinski definition) is 4. The molecule has 1 aliphatic heterocycles. The van der Waals surface area contributed by atoms with Gasteiger partial charge in [0.1, 0.15) is 5.82 Å². The number of aromatic nitrogens is 2. The van der Waals surface area contributed by atoms with E-state index in [1.807, 2.05) is 30.3 Å². The number of alkyl halides is 3. The van der Waals surface area contributed by atoms with E-state index >= 15 is 0 Å². The van der Waals surface area contributed by atoms with Crippen molar-refractivity contribution < 1.29 is 31.9 Å². The molecule has 0 aliphatic carbocycles. The van der Waals surface area contributed by atoms with Gasteiger partial charge in [-0.1, -0.05) is 18.2 Å². The monoisotopic (exact) mass is 503 g/mol. The molecule has 1 fully saturated rings. The molecule has 0 atom stereocenters. The van der Waals surface area contributed by atoms with Gasteiger partial charge in [-0.05, 0) is 30.3 Å². The Morgan fingerprint density at radius 2 is 1.61 bits per heavy atom. The van der Waals surface area contributed by atoms with Gasteiger partial charge in [-0.2, -0.15) is 18.3 Å². The van der Waals surface area contributed by atoms with Crippen LogP contribution in [0.1, 0.15) is 26.3 Å². The second-order valence-electron chi connectivity index (χ2n) is 8.05. The number of nitrogens with one attached hydrogen (secondary N) is 1. The molecule has 0 saturated carbocycles. The molecule has 36 heavy (non-hydrogen) atoms. The van der Waals surface area contributed by atoms with Crippen LogP contribution < -0.4 is 5.32 Å². The van der Waals surface area contributed by atoms with E-state index in [0.717, 1.165) is 10.6 Å². The lowest BCUT2D eigenvalue weighted by molar-refractivity contribution is -0.138. The molecule has 1 aliphatic rings. The fraction of sp³-hybridized carbons (Fsp3) is 0.250. The molecule has 0 radical (unpaired) electrons. The minimum Gasteiger partial charge on any atom is -0.343 e. The number of rotatable bonds is 5. The fourth-order valence-electron chi connectivity index (χ4n) is 3.80. The number of para-hydroxylation sites is 1. The van der Waals surface area contributed by atoms with Gasteiger partial charge in [-0.3, -0.25) is 14.4 Å². The minimum absolute atomic E-state index is 0.0316. The third kappa shape index (κ3) is 5.53. The van der Waals surface area contributed by atoms with Gasteiger partial charge < -0.3 is 15.1 Å². The van der Waals surface area contributed by atoms with Crippen LogP contribution in [0.2, 0.25) is 0 Å². The molecule has 0 spiro atoms. The number of halogens is 4. The Labute approximate surface area is 203 Å². The van der Waals surface area contributed by atoms with Crippen molar-refractivity contribution in [3.63, 3.8) is 0 Å². The van der Waals surface area contributed by atoms with Gasteiger partial charge in [0.2, 0.25) is 5.91 Å². The topological polar surface area (TPSA) is 87.5 Å². The van der Waals surface area contributed by atoms with Gasteiger partial charge in [0.25, 0.3) is 11.8 Å². The van der Waals surface area contributed by atoms with Gasteiger partial charge in [0.05, 0.1) is 35.1 Å². The maximum atomic E-state index is 13.6. The van der Waals surface area contributed by atoms with Gasteiger partial charge in [-0.15, -0.1) is 0 Å². The van der Waals surface area contributed by atoms with E-state index in [4.69, 9.17) is 0 Å². The summed E-state index contributed by atoms with van der Waals surface area (Å²) in [5.74, 6) is -2.82. The van der Waals surface area contributed by atoms with Crippen LogP contribution in [0.5, 0.6) is 0 Å². The molecule has 2 heterocycles. The summed E-state index contributed by atoms with van der Waals surface area (Å²) in [7, 11) is 0. The average Bonchev–Trinajstić information content (AvgIpc) is 3.37. The summed E-state index contributed by atoms with van der Waals surface area (Å²) >= 11 is 0. The van der Waals surface area contributed by atoms with Crippen molar-refractivity contribution in [2.75, 3.05) is 32.7 Å². The third-order valence-corrected chi connectivity index (χ3v) is 5.70. The Kier molecular flexibility index (Phi) is 7.04. The maximum Gasteiger partial charge on any atom is 0.417 e. The highest BCUT2D eigenvalue weighted by Crippen LogP contribution is 2.33. The first-order valence-electron chi connectivity index (χ1n) is 11.0. The van der Waals surface area contributed by atoms with Gasteiger partial charge >= 0.3 is 6.18 Å². The maximum absolute atomic E-state index is 13.6. The van der Waals surface area contributed by atoms with Crippen LogP contribution in [-0.4, -0.2) is 70.0 Å². The van der Waals surface area contributed by atoms with E-state index in [1.54, 1.807) is 0 Å². The molecule has 3 aromatic rings. The zero-order valence-electron chi connectivity index (χ0n) is 18.8. The summed E-state index contributed by atoms with van der Waals surface area (Å²) in [5, 5.41) is 6.65. The fourth-order valence-corrected chi connectivity index (χ4v) is 3.80. The molecule has 1 saturated heterocycles. The molecule has 0 unspecified atom stereocenters. The lowest BCUT2D eigenvalue weighted by atomic mass is 10.0. The van der Waals surface area contributed by atoms with Crippen LogP contribution in [-0.2, 0) is 11.0 Å².